The number of hydrogen-bond acceptors (Lipinski definition) is 4. The molecule has 5 nitrogen and oxygen atoms in total. The maximum atomic E-state index is 5.78. The van der Waals surface area contributed by atoms with Gasteiger partial charge in [-0.15, -0.1) is 0 Å². The van der Waals surface area contributed by atoms with Crippen molar-refractivity contribution in [3.8, 4) is 11.5 Å². The molecule has 0 atom stereocenters. The molecular weight excluding hydrogens is 254 g/mol. The number of benzene rings is 1. The number of methoxy groups -OCH3 is 1. The topological polar surface area (TPSA) is 48.3 Å². The highest BCUT2D eigenvalue weighted by atomic mass is 16.5. The van der Waals surface area contributed by atoms with Crippen LogP contribution >= 0.6 is 0 Å². The van der Waals surface area contributed by atoms with Gasteiger partial charge in [-0.3, -0.25) is 0 Å². The molecule has 1 aromatic heterocycles. The van der Waals surface area contributed by atoms with Crippen molar-refractivity contribution in [3.05, 3.63) is 42.0 Å². The molecule has 0 saturated carbocycles. The highest BCUT2D eigenvalue weighted by Gasteiger charge is 2.07. The molecule has 2 rings (SSSR count). The molecule has 0 aliphatic rings. The molecule has 0 amide bonds. The molecule has 0 spiro atoms. The van der Waals surface area contributed by atoms with Crippen LogP contribution in [-0.2, 0) is 20.2 Å². The number of hydrogen-bond donors (Lipinski definition) is 1. The number of ether oxygens (including phenoxy) is 2. The molecule has 0 fully saturated rings. The molecule has 108 valence electrons. The third-order valence-corrected chi connectivity index (χ3v) is 3.08. The van der Waals surface area contributed by atoms with Crippen LogP contribution in [0.4, 0.5) is 0 Å². The Labute approximate surface area is 119 Å². The van der Waals surface area contributed by atoms with Gasteiger partial charge in [-0.05, 0) is 24.2 Å². The van der Waals surface area contributed by atoms with E-state index < -0.39 is 0 Å². The monoisotopic (exact) mass is 275 g/mol. The molecule has 0 bridgehead atoms. The van der Waals surface area contributed by atoms with Gasteiger partial charge in [-0.25, -0.2) is 4.98 Å². The molecule has 0 aliphatic heterocycles. The minimum absolute atomic E-state index is 0.423. The van der Waals surface area contributed by atoms with Crippen molar-refractivity contribution in [2.75, 3.05) is 13.7 Å². The summed E-state index contributed by atoms with van der Waals surface area (Å²) in [5, 5.41) is 3.29. The van der Waals surface area contributed by atoms with Crippen molar-refractivity contribution in [2.24, 2.45) is 7.05 Å². The SMILES string of the molecule is CCNCc1ccc(OCc2nccn2C)c(OC)c1. The summed E-state index contributed by atoms with van der Waals surface area (Å²) in [6.07, 6.45) is 3.66. The van der Waals surface area contributed by atoms with E-state index in [-0.39, 0.29) is 0 Å². The summed E-state index contributed by atoms with van der Waals surface area (Å²) in [6, 6.07) is 5.98. The van der Waals surface area contributed by atoms with Crippen LogP contribution < -0.4 is 14.8 Å². The van der Waals surface area contributed by atoms with E-state index in [1.54, 1.807) is 13.3 Å². The van der Waals surface area contributed by atoms with Gasteiger partial charge in [0, 0.05) is 26.0 Å². The second-order valence-electron chi connectivity index (χ2n) is 4.51. The molecule has 0 unspecified atom stereocenters. The van der Waals surface area contributed by atoms with Crippen LogP contribution in [-0.4, -0.2) is 23.2 Å². The maximum Gasteiger partial charge on any atom is 0.161 e. The van der Waals surface area contributed by atoms with Crippen LogP contribution in [0.3, 0.4) is 0 Å². The number of imidazole rings is 1. The summed E-state index contributed by atoms with van der Waals surface area (Å²) in [4.78, 5) is 4.23. The zero-order valence-corrected chi connectivity index (χ0v) is 12.2. The van der Waals surface area contributed by atoms with Gasteiger partial charge in [-0.2, -0.15) is 0 Å². The van der Waals surface area contributed by atoms with Gasteiger partial charge in [0.2, 0.25) is 0 Å². The van der Waals surface area contributed by atoms with E-state index in [2.05, 4.69) is 17.2 Å². The lowest BCUT2D eigenvalue weighted by Gasteiger charge is -2.12. The summed E-state index contributed by atoms with van der Waals surface area (Å²) in [5.74, 6) is 2.36. The highest BCUT2D eigenvalue weighted by Crippen LogP contribution is 2.28. The highest BCUT2D eigenvalue weighted by molar-refractivity contribution is 5.43. The summed E-state index contributed by atoms with van der Waals surface area (Å²) in [6.45, 7) is 4.28. The average Bonchev–Trinajstić information content (AvgIpc) is 2.88. The minimum atomic E-state index is 0.423. The first kappa shape index (κ1) is 14.4. The van der Waals surface area contributed by atoms with Crippen LogP contribution in [0.15, 0.2) is 30.6 Å². The largest absolute Gasteiger partial charge is 0.493 e. The van der Waals surface area contributed by atoms with Crippen molar-refractivity contribution in [1.82, 2.24) is 14.9 Å². The number of nitrogens with zero attached hydrogens (tertiary/aromatic N) is 2. The number of aryl methyl sites for hydroxylation is 1. The lowest BCUT2D eigenvalue weighted by atomic mass is 10.2. The Hall–Kier alpha value is -2.01. The summed E-state index contributed by atoms with van der Waals surface area (Å²) >= 11 is 0. The van der Waals surface area contributed by atoms with E-state index in [4.69, 9.17) is 9.47 Å². The van der Waals surface area contributed by atoms with Gasteiger partial charge < -0.3 is 19.4 Å². The molecule has 5 heteroatoms. The van der Waals surface area contributed by atoms with Crippen molar-refractivity contribution in [2.45, 2.75) is 20.1 Å². The smallest absolute Gasteiger partial charge is 0.161 e. The predicted molar refractivity (Wildman–Crippen MR) is 77.9 cm³/mol. The number of rotatable bonds is 7. The van der Waals surface area contributed by atoms with E-state index >= 15 is 0 Å². The Kier molecular flexibility index (Phi) is 5.01. The van der Waals surface area contributed by atoms with Crippen molar-refractivity contribution in [3.63, 3.8) is 0 Å². The fraction of sp³-hybridized carbons (Fsp3) is 0.400. The first-order valence-corrected chi connectivity index (χ1v) is 6.71. The second kappa shape index (κ2) is 6.96. The normalized spacial score (nSPS) is 10.6. The van der Waals surface area contributed by atoms with E-state index in [0.29, 0.717) is 6.61 Å². The zero-order chi connectivity index (χ0) is 14.4. The third-order valence-electron chi connectivity index (χ3n) is 3.08. The molecule has 0 aliphatic carbocycles. The fourth-order valence-corrected chi connectivity index (χ4v) is 1.89. The summed E-state index contributed by atoms with van der Waals surface area (Å²) in [7, 11) is 3.60. The van der Waals surface area contributed by atoms with Gasteiger partial charge in [-0.1, -0.05) is 13.0 Å². The molecule has 0 radical (unpaired) electrons. The molecule has 20 heavy (non-hydrogen) atoms. The molecular formula is C15H21N3O2. The van der Waals surface area contributed by atoms with E-state index in [0.717, 1.165) is 30.4 Å². The first-order chi connectivity index (χ1) is 9.74. The summed E-state index contributed by atoms with van der Waals surface area (Å²) < 4.78 is 13.1. The average molecular weight is 275 g/mol. The van der Waals surface area contributed by atoms with Crippen molar-refractivity contribution < 1.29 is 9.47 Å². The maximum absolute atomic E-state index is 5.78. The third kappa shape index (κ3) is 3.51. The van der Waals surface area contributed by atoms with Gasteiger partial charge in [0.25, 0.3) is 0 Å². The van der Waals surface area contributed by atoms with Gasteiger partial charge in [0.1, 0.15) is 12.4 Å². The van der Waals surface area contributed by atoms with Crippen LogP contribution in [0.1, 0.15) is 18.3 Å². The molecule has 1 aromatic carbocycles. The van der Waals surface area contributed by atoms with Gasteiger partial charge >= 0.3 is 0 Å². The van der Waals surface area contributed by atoms with Crippen LogP contribution in [0.2, 0.25) is 0 Å². The Balaban J connectivity index is 2.05. The number of nitrogens with one attached hydrogen (secondary N) is 1. The predicted octanol–water partition coefficient (Wildman–Crippen LogP) is 2.12. The zero-order valence-electron chi connectivity index (χ0n) is 12.2. The van der Waals surface area contributed by atoms with Crippen LogP contribution in [0.25, 0.3) is 0 Å². The lowest BCUT2D eigenvalue weighted by Crippen LogP contribution is -2.11. The fourth-order valence-electron chi connectivity index (χ4n) is 1.89. The quantitative estimate of drug-likeness (QED) is 0.841. The Morgan fingerprint density at radius 3 is 2.80 bits per heavy atom. The van der Waals surface area contributed by atoms with Gasteiger partial charge in [0.05, 0.1) is 7.11 Å². The standard InChI is InChI=1S/C15H21N3O2/c1-4-16-10-12-5-6-13(14(9-12)19-3)20-11-15-17-7-8-18(15)2/h5-9,16H,4,10-11H2,1-3H3. The van der Waals surface area contributed by atoms with Crippen LogP contribution in [0, 0.1) is 0 Å². The van der Waals surface area contributed by atoms with Crippen molar-refractivity contribution >= 4 is 0 Å². The molecule has 1 N–H and O–H groups in total. The Morgan fingerprint density at radius 2 is 2.15 bits per heavy atom. The Bertz CT molecular complexity index is 552. The van der Waals surface area contributed by atoms with E-state index in [9.17, 15) is 0 Å². The molecule has 2 aromatic rings. The lowest BCUT2D eigenvalue weighted by molar-refractivity contribution is 0.273. The number of aromatic nitrogens is 2. The first-order valence-electron chi connectivity index (χ1n) is 6.71. The molecule has 1 heterocycles. The summed E-state index contributed by atoms with van der Waals surface area (Å²) in [5.41, 5.74) is 1.17. The van der Waals surface area contributed by atoms with Crippen molar-refractivity contribution in [1.29, 1.82) is 0 Å². The Morgan fingerprint density at radius 1 is 1.30 bits per heavy atom. The minimum Gasteiger partial charge on any atom is -0.493 e. The second-order valence-corrected chi connectivity index (χ2v) is 4.51. The van der Waals surface area contributed by atoms with E-state index in [1.807, 2.05) is 36.0 Å². The van der Waals surface area contributed by atoms with Gasteiger partial charge in [0.15, 0.2) is 11.5 Å². The molecule has 0 saturated heterocycles. The van der Waals surface area contributed by atoms with E-state index in [1.165, 1.54) is 5.56 Å². The van der Waals surface area contributed by atoms with Crippen LogP contribution in [0.5, 0.6) is 11.5 Å².